The van der Waals surface area contributed by atoms with E-state index in [0.29, 0.717) is 17.3 Å². The lowest BCUT2D eigenvalue weighted by Crippen LogP contribution is -1.99. The third-order valence-corrected chi connectivity index (χ3v) is 5.69. The van der Waals surface area contributed by atoms with Crippen LogP contribution >= 0.6 is 11.6 Å². The van der Waals surface area contributed by atoms with Crippen molar-refractivity contribution in [3.63, 3.8) is 0 Å². The number of benzene rings is 2. The zero-order chi connectivity index (χ0) is 20.2. The summed E-state index contributed by atoms with van der Waals surface area (Å²) in [6.07, 6.45) is 14.1. The molecule has 0 aliphatic heterocycles. The van der Waals surface area contributed by atoms with Gasteiger partial charge in [-0.15, -0.1) is 0 Å². The SMILES string of the molecule is CCCCCCCCCCCCc1cc(CN)cc(-c2ccc(Cl)cc2)c1O. The van der Waals surface area contributed by atoms with E-state index in [9.17, 15) is 5.11 Å². The van der Waals surface area contributed by atoms with E-state index < -0.39 is 0 Å². The van der Waals surface area contributed by atoms with Gasteiger partial charge in [-0.05, 0) is 47.7 Å². The first-order valence-corrected chi connectivity index (χ1v) is 11.3. The topological polar surface area (TPSA) is 46.2 Å². The maximum atomic E-state index is 10.8. The van der Waals surface area contributed by atoms with E-state index in [2.05, 4.69) is 13.0 Å². The molecule has 0 aromatic heterocycles. The summed E-state index contributed by atoms with van der Waals surface area (Å²) in [5.74, 6) is 0.385. The summed E-state index contributed by atoms with van der Waals surface area (Å²) >= 11 is 6.00. The highest BCUT2D eigenvalue weighted by atomic mass is 35.5. The van der Waals surface area contributed by atoms with Crippen molar-refractivity contribution in [2.75, 3.05) is 0 Å². The summed E-state index contributed by atoms with van der Waals surface area (Å²) in [4.78, 5) is 0. The van der Waals surface area contributed by atoms with E-state index in [4.69, 9.17) is 17.3 Å². The monoisotopic (exact) mass is 401 g/mol. The van der Waals surface area contributed by atoms with Crippen LogP contribution < -0.4 is 5.73 Å². The van der Waals surface area contributed by atoms with Crippen LogP contribution in [0.5, 0.6) is 5.75 Å². The highest BCUT2D eigenvalue weighted by Gasteiger charge is 2.11. The third-order valence-electron chi connectivity index (χ3n) is 5.44. The second kappa shape index (κ2) is 12.9. The number of phenolic OH excluding ortho intramolecular Hbond substituents is 1. The van der Waals surface area contributed by atoms with E-state index in [1.54, 1.807) is 0 Å². The number of phenols is 1. The molecule has 0 bridgehead atoms. The smallest absolute Gasteiger partial charge is 0.126 e. The van der Waals surface area contributed by atoms with Crippen LogP contribution in [0.2, 0.25) is 5.02 Å². The van der Waals surface area contributed by atoms with Crippen LogP contribution in [0.4, 0.5) is 0 Å². The highest BCUT2D eigenvalue weighted by Crippen LogP contribution is 2.35. The number of hydrogen-bond donors (Lipinski definition) is 2. The summed E-state index contributed by atoms with van der Waals surface area (Å²) in [5, 5.41) is 11.5. The van der Waals surface area contributed by atoms with Gasteiger partial charge in [0.15, 0.2) is 0 Å². The van der Waals surface area contributed by atoms with Gasteiger partial charge in [0.2, 0.25) is 0 Å². The maximum absolute atomic E-state index is 10.8. The molecule has 2 aromatic rings. The Morgan fingerprint density at radius 1 is 0.821 bits per heavy atom. The molecule has 0 saturated carbocycles. The zero-order valence-corrected chi connectivity index (χ0v) is 18.1. The first kappa shape index (κ1) is 22.8. The molecule has 2 aromatic carbocycles. The Hall–Kier alpha value is -1.51. The predicted molar refractivity (Wildman–Crippen MR) is 122 cm³/mol. The Morgan fingerprint density at radius 3 is 1.96 bits per heavy atom. The fraction of sp³-hybridized carbons (Fsp3) is 0.520. The minimum absolute atomic E-state index is 0.385. The Balaban J connectivity index is 1.84. The molecule has 2 nitrogen and oxygen atoms in total. The maximum Gasteiger partial charge on any atom is 0.126 e. The van der Waals surface area contributed by atoms with Crippen molar-refractivity contribution >= 4 is 11.6 Å². The number of aromatic hydroxyl groups is 1. The Kier molecular flexibility index (Phi) is 10.5. The minimum atomic E-state index is 0.385. The Labute approximate surface area is 176 Å². The second-order valence-corrected chi connectivity index (χ2v) is 8.23. The van der Waals surface area contributed by atoms with Gasteiger partial charge in [-0.2, -0.15) is 0 Å². The molecule has 0 atom stereocenters. The molecule has 0 aliphatic rings. The molecular formula is C25H36ClNO. The molecule has 3 heteroatoms. The molecule has 0 radical (unpaired) electrons. The van der Waals surface area contributed by atoms with Gasteiger partial charge < -0.3 is 10.8 Å². The van der Waals surface area contributed by atoms with E-state index in [0.717, 1.165) is 35.1 Å². The molecule has 28 heavy (non-hydrogen) atoms. The van der Waals surface area contributed by atoms with Crippen molar-refractivity contribution in [3.05, 3.63) is 52.5 Å². The molecule has 154 valence electrons. The molecule has 0 amide bonds. The summed E-state index contributed by atoms with van der Waals surface area (Å²) in [6.45, 7) is 2.74. The van der Waals surface area contributed by atoms with Crippen molar-refractivity contribution < 1.29 is 5.11 Å². The normalized spacial score (nSPS) is 11.1. The molecule has 0 aliphatic carbocycles. The van der Waals surface area contributed by atoms with Gasteiger partial charge in [-0.3, -0.25) is 0 Å². The van der Waals surface area contributed by atoms with Gasteiger partial charge >= 0.3 is 0 Å². The second-order valence-electron chi connectivity index (χ2n) is 7.79. The number of unbranched alkanes of at least 4 members (excludes halogenated alkanes) is 9. The lowest BCUT2D eigenvalue weighted by atomic mass is 9.95. The molecular weight excluding hydrogens is 366 g/mol. The molecule has 3 N–H and O–H groups in total. The molecule has 0 fully saturated rings. The average Bonchev–Trinajstić information content (AvgIpc) is 2.71. The lowest BCUT2D eigenvalue weighted by molar-refractivity contribution is 0.467. The Bertz CT molecular complexity index is 696. The van der Waals surface area contributed by atoms with Crippen molar-refractivity contribution in [2.24, 2.45) is 5.73 Å². The molecule has 0 heterocycles. The average molecular weight is 402 g/mol. The van der Waals surface area contributed by atoms with Crippen molar-refractivity contribution in [1.82, 2.24) is 0 Å². The zero-order valence-electron chi connectivity index (χ0n) is 17.4. The first-order valence-electron chi connectivity index (χ1n) is 11.0. The summed E-state index contributed by atoms with van der Waals surface area (Å²) in [7, 11) is 0. The van der Waals surface area contributed by atoms with E-state index in [-0.39, 0.29) is 0 Å². The fourth-order valence-electron chi connectivity index (χ4n) is 3.72. The number of hydrogen-bond acceptors (Lipinski definition) is 2. The predicted octanol–water partition coefficient (Wildman–Crippen LogP) is 7.63. The van der Waals surface area contributed by atoms with E-state index >= 15 is 0 Å². The van der Waals surface area contributed by atoms with Gasteiger partial charge in [-0.25, -0.2) is 0 Å². The molecule has 0 unspecified atom stereocenters. The standard InChI is InChI=1S/C25H36ClNO/c1-2-3-4-5-6-7-8-9-10-11-12-22-17-20(19-27)18-24(25(22)28)21-13-15-23(26)16-14-21/h13-18,28H,2-12,19,27H2,1H3. The van der Waals surface area contributed by atoms with Gasteiger partial charge in [-0.1, -0.05) is 94.5 Å². The number of rotatable bonds is 13. The summed E-state index contributed by atoms with van der Waals surface area (Å²) in [5.41, 5.74) is 9.78. The van der Waals surface area contributed by atoms with Crippen LogP contribution in [0.3, 0.4) is 0 Å². The van der Waals surface area contributed by atoms with Crippen LogP contribution in [0, 0.1) is 0 Å². The lowest BCUT2D eigenvalue weighted by Gasteiger charge is -2.13. The van der Waals surface area contributed by atoms with E-state index in [1.807, 2.05) is 30.3 Å². The van der Waals surface area contributed by atoms with Gasteiger partial charge in [0, 0.05) is 17.1 Å². The van der Waals surface area contributed by atoms with Crippen molar-refractivity contribution in [1.29, 1.82) is 0 Å². The quantitative estimate of drug-likeness (QED) is 0.339. The minimum Gasteiger partial charge on any atom is -0.507 e. The highest BCUT2D eigenvalue weighted by molar-refractivity contribution is 6.30. The van der Waals surface area contributed by atoms with Gasteiger partial charge in [0.1, 0.15) is 5.75 Å². The van der Waals surface area contributed by atoms with Crippen LogP contribution in [-0.4, -0.2) is 5.11 Å². The van der Waals surface area contributed by atoms with Crippen molar-refractivity contribution in [3.8, 4) is 16.9 Å². The fourth-order valence-corrected chi connectivity index (χ4v) is 3.85. The van der Waals surface area contributed by atoms with Gasteiger partial charge in [0.25, 0.3) is 0 Å². The molecule has 0 saturated heterocycles. The molecule has 2 rings (SSSR count). The van der Waals surface area contributed by atoms with Gasteiger partial charge in [0.05, 0.1) is 0 Å². The van der Waals surface area contributed by atoms with Crippen LogP contribution in [0.25, 0.3) is 11.1 Å². The number of aryl methyl sites for hydroxylation is 1. The third kappa shape index (κ3) is 7.48. The van der Waals surface area contributed by atoms with E-state index in [1.165, 1.54) is 57.8 Å². The van der Waals surface area contributed by atoms with Crippen molar-refractivity contribution in [2.45, 2.75) is 84.1 Å². The van der Waals surface area contributed by atoms with Crippen LogP contribution in [-0.2, 0) is 13.0 Å². The Morgan fingerprint density at radius 2 is 1.39 bits per heavy atom. The number of halogens is 1. The number of nitrogens with two attached hydrogens (primary N) is 1. The summed E-state index contributed by atoms with van der Waals surface area (Å²) in [6, 6.07) is 11.6. The van der Waals surface area contributed by atoms with Crippen LogP contribution in [0.15, 0.2) is 36.4 Å². The largest absolute Gasteiger partial charge is 0.507 e. The summed E-state index contributed by atoms with van der Waals surface area (Å²) < 4.78 is 0. The first-order chi connectivity index (χ1) is 13.7. The molecule has 0 spiro atoms. The van der Waals surface area contributed by atoms with Crippen LogP contribution in [0.1, 0.15) is 82.3 Å².